The van der Waals surface area contributed by atoms with Crippen LogP contribution in [-0.2, 0) is 12.7 Å². The van der Waals surface area contributed by atoms with Crippen LogP contribution >= 0.6 is 15.9 Å². The monoisotopic (exact) mass is 320 g/mol. The summed E-state index contributed by atoms with van der Waals surface area (Å²) in [6.07, 6.45) is -4.54. The summed E-state index contributed by atoms with van der Waals surface area (Å²) in [6.45, 7) is 0.0519. The van der Waals surface area contributed by atoms with Crippen LogP contribution in [0.3, 0.4) is 0 Å². The van der Waals surface area contributed by atoms with E-state index in [4.69, 9.17) is 0 Å². The van der Waals surface area contributed by atoms with E-state index in [1.807, 2.05) is 0 Å². The molecule has 0 amide bonds. The van der Waals surface area contributed by atoms with Crippen molar-refractivity contribution in [3.63, 3.8) is 0 Å². The lowest BCUT2D eigenvalue weighted by Gasteiger charge is -2.06. The zero-order valence-corrected chi connectivity index (χ0v) is 10.5. The van der Waals surface area contributed by atoms with Crippen LogP contribution in [0.4, 0.5) is 13.2 Å². The third-order valence-corrected chi connectivity index (χ3v) is 3.15. The zero-order valence-electron chi connectivity index (χ0n) is 8.96. The van der Waals surface area contributed by atoms with Gasteiger partial charge >= 0.3 is 6.18 Å². The van der Waals surface area contributed by atoms with Gasteiger partial charge in [-0.15, -0.1) is 0 Å². The number of rotatable bonds is 2. The van der Waals surface area contributed by atoms with E-state index in [0.717, 1.165) is 14.7 Å². The van der Waals surface area contributed by atoms with Crippen molar-refractivity contribution < 1.29 is 13.2 Å². The number of nitrogens with one attached hydrogen (secondary N) is 1. The molecule has 18 heavy (non-hydrogen) atoms. The van der Waals surface area contributed by atoms with Crippen LogP contribution in [0.15, 0.2) is 39.6 Å². The van der Waals surface area contributed by atoms with Crippen LogP contribution in [-0.4, -0.2) is 9.78 Å². The van der Waals surface area contributed by atoms with Gasteiger partial charge < -0.3 is 0 Å². The lowest BCUT2D eigenvalue weighted by atomic mass is 10.2. The van der Waals surface area contributed by atoms with Gasteiger partial charge in [0.05, 0.1) is 6.54 Å². The molecule has 0 unspecified atom stereocenters. The number of aromatic amines is 1. The number of hydrogen-bond acceptors (Lipinski definition) is 1. The summed E-state index contributed by atoms with van der Waals surface area (Å²) in [5, 5.41) is 2.06. The second-order valence-electron chi connectivity index (χ2n) is 3.68. The molecule has 96 valence electrons. The predicted molar refractivity (Wildman–Crippen MR) is 63.3 cm³/mol. The first-order chi connectivity index (χ1) is 8.38. The van der Waals surface area contributed by atoms with Crippen molar-refractivity contribution in [2.24, 2.45) is 0 Å². The summed E-state index contributed by atoms with van der Waals surface area (Å²) < 4.78 is 38.9. The zero-order chi connectivity index (χ0) is 13.3. The Hall–Kier alpha value is -1.50. The van der Waals surface area contributed by atoms with Crippen molar-refractivity contribution in [3.8, 4) is 0 Å². The van der Waals surface area contributed by atoms with E-state index in [1.54, 1.807) is 24.3 Å². The second kappa shape index (κ2) is 4.64. The molecule has 7 heteroatoms. The molecule has 2 rings (SSSR count). The Morgan fingerprint density at radius 3 is 2.50 bits per heavy atom. The van der Waals surface area contributed by atoms with Crippen molar-refractivity contribution in [1.82, 2.24) is 9.78 Å². The number of hydrogen-bond donors (Lipinski definition) is 1. The maximum atomic E-state index is 12.4. The minimum atomic E-state index is -4.54. The van der Waals surface area contributed by atoms with Crippen molar-refractivity contribution in [2.45, 2.75) is 12.7 Å². The molecule has 0 atom stereocenters. The number of benzene rings is 1. The maximum Gasteiger partial charge on any atom is 0.432 e. The summed E-state index contributed by atoms with van der Waals surface area (Å²) in [6, 6.07) is 7.57. The first kappa shape index (κ1) is 12.9. The Bertz CT molecular complexity index is 615. The van der Waals surface area contributed by atoms with Crippen LogP contribution < -0.4 is 5.56 Å². The second-order valence-corrected chi connectivity index (χ2v) is 4.54. The third-order valence-electron chi connectivity index (χ3n) is 2.38. The minimum absolute atomic E-state index is 0.0519. The van der Waals surface area contributed by atoms with Crippen molar-refractivity contribution in [1.29, 1.82) is 0 Å². The van der Waals surface area contributed by atoms with Gasteiger partial charge in [0.1, 0.15) is 5.69 Å². The van der Waals surface area contributed by atoms with E-state index in [0.29, 0.717) is 6.07 Å². The minimum Gasteiger partial charge on any atom is -0.291 e. The normalized spacial score (nSPS) is 11.8. The van der Waals surface area contributed by atoms with Crippen LogP contribution in [0, 0.1) is 0 Å². The lowest BCUT2D eigenvalue weighted by molar-refractivity contribution is -0.141. The number of H-pyrrole nitrogens is 1. The fraction of sp³-hybridized carbons (Fsp3) is 0.182. The van der Waals surface area contributed by atoms with Gasteiger partial charge in [0, 0.05) is 10.5 Å². The molecule has 0 saturated heterocycles. The number of halogens is 4. The van der Waals surface area contributed by atoms with E-state index >= 15 is 0 Å². The molecule has 1 heterocycles. The summed E-state index contributed by atoms with van der Waals surface area (Å²) in [4.78, 5) is 11.4. The Labute approximate surface area is 108 Å². The van der Waals surface area contributed by atoms with Crippen LogP contribution in [0.1, 0.15) is 11.3 Å². The van der Waals surface area contributed by atoms with Crippen LogP contribution in [0.5, 0.6) is 0 Å². The number of aromatic nitrogens is 2. The first-order valence-corrected chi connectivity index (χ1v) is 5.77. The summed E-state index contributed by atoms with van der Waals surface area (Å²) >= 11 is 3.27. The number of nitrogens with zero attached hydrogens (tertiary/aromatic N) is 1. The molecule has 1 aromatic heterocycles. The average molecular weight is 321 g/mol. The van der Waals surface area contributed by atoms with E-state index in [-0.39, 0.29) is 6.54 Å². The highest BCUT2D eigenvalue weighted by atomic mass is 79.9. The summed E-state index contributed by atoms with van der Waals surface area (Å²) in [7, 11) is 0. The Morgan fingerprint density at radius 1 is 1.28 bits per heavy atom. The lowest BCUT2D eigenvalue weighted by Crippen LogP contribution is -2.17. The van der Waals surface area contributed by atoms with E-state index in [9.17, 15) is 18.0 Å². The van der Waals surface area contributed by atoms with Crippen LogP contribution in [0.2, 0.25) is 0 Å². The molecule has 0 fully saturated rings. The molecule has 0 radical (unpaired) electrons. The molecule has 1 aromatic carbocycles. The van der Waals surface area contributed by atoms with E-state index < -0.39 is 17.4 Å². The molecule has 0 aliphatic carbocycles. The maximum absolute atomic E-state index is 12.4. The van der Waals surface area contributed by atoms with Gasteiger partial charge in [-0.25, -0.2) is 4.68 Å². The van der Waals surface area contributed by atoms with Gasteiger partial charge in [-0.05, 0) is 11.6 Å². The van der Waals surface area contributed by atoms with Gasteiger partial charge in [-0.1, -0.05) is 34.1 Å². The molecule has 2 aromatic rings. The molecular formula is C11H8BrF3N2O. The highest BCUT2D eigenvalue weighted by Crippen LogP contribution is 2.26. The van der Waals surface area contributed by atoms with E-state index in [1.165, 1.54) is 0 Å². The number of alkyl halides is 3. The quantitative estimate of drug-likeness (QED) is 0.907. The topological polar surface area (TPSA) is 37.8 Å². The van der Waals surface area contributed by atoms with E-state index in [2.05, 4.69) is 21.0 Å². The highest BCUT2D eigenvalue weighted by molar-refractivity contribution is 9.10. The smallest absolute Gasteiger partial charge is 0.291 e. The van der Waals surface area contributed by atoms with Gasteiger partial charge in [0.15, 0.2) is 0 Å². The Balaban J connectivity index is 2.34. The third kappa shape index (κ3) is 2.66. The molecule has 0 saturated carbocycles. The molecule has 0 bridgehead atoms. The fourth-order valence-electron chi connectivity index (χ4n) is 1.49. The highest BCUT2D eigenvalue weighted by Gasteiger charge is 2.33. The summed E-state index contributed by atoms with van der Waals surface area (Å²) in [5.41, 5.74) is -1.03. The molecule has 1 N–H and O–H groups in total. The molecule has 0 spiro atoms. The first-order valence-electron chi connectivity index (χ1n) is 4.98. The van der Waals surface area contributed by atoms with Gasteiger partial charge in [0.25, 0.3) is 5.56 Å². The molecular weight excluding hydrogens is 313 g/mol. The SMILES string of the molecule is O=c1cc(C(F)(F)F)[nH]n1Cc1ccccc1Br. The molecule has 3 nitrogen and oxygen atoms in total. The average Bonchev–Trinajstić information content (AvgIpc) is 2.63. The Morgan fingerprint density at radius 2 is 1.94 bits per heavy atom. The summed E-state index contributed by atoms with van der Waals surface area (Å²) in [5.74, 6) is 0. The standard InChI is InChI=1S/C11H8BrF3N2O/c12-8-4-2-1-3-7(8)6-17-10(18)5-9(16-17)11(13,14)15/h1-5,16H,6H2. The van der Waals surface area contributed by atoms with Crippen molar-refractivity contribution >= 4 is 15.9 Å². The fourth-order valence-corrected chi connectivity index (χ4v) is 1.90. The van der Waals surface area contributed by atoms with Crippen molar-refractivity contribution in [3.05, 3.63) is 56.4 Å². The molecule has 0 aliphatic heterocycles. The largest absolute Gasteiger partial charge is 0.432 e. The van der Waals surface area contributed by atoms with Gasteiger partial charge in [0.2, 0.25) is 0 Å². The van der Waals surface area contributed by atoms with Gasteiger partial charge in [-0.2, -0.15) is 13.2 Å². The Kier molecular flexibility index (Phi) is 3.34. The predicted octanol–water partition coefficient (Wildman–Crippen LogP) is 3.01. The van der Waals surface area contributed by atoms with Crippen LogP contribution in [0.25, 0.3) is 0 Å². The van der Waals surface area contributed by atoms with Gasteiger partial charge in [-0.3, -0.25) is 9.89 Å². The molecule has 0 aliphatic rings. The van der Waals surface area contributed by atoms with Crippen molar-refractivity contribution in [2.75, 3.05) is 0 Å².